The predicted octanol–water partition coefficient (Wildman–Crippen LogP) is 10.1. The van der Waals surface area contributed by atoms with Gasteiger partial charge in [-0.3, -0.25) is 4.98 Å². The standard InChI is InChI=1S/C42H42N3/c1-7-44-35-21-17-31-13-9-11-15-33(31)39(35)41(3,4)37(44)23-19-29(30-25-27-43-28-26-30)20-24-38-42(5,6)40-34-16-12-10-14-32(34)18-22-36(40)45(38)8-2/h9-28H,7-8H2,1-6H3/q+1. The molecule has 4 aromatic carbocycles. The number of aromatic nitrogens is 1. The van der Waals surface area contributed by atoms with E-state index in [0.717, 1.165) is 24.2 Å². The number of hydrogen-bond acceptors (Lipinski definition) is 2. The van der Waals surface area contributed by atoms with Crippen LogP contribution in [-0.4, -0.2) is 28.4 Å². The van der Waals surface area contributed by atoms with Crippen molar-refractivity contribution in [3.05, 3.63) is 144 Å². The van der Waals surface area contributed by atoms with Crippen molar-refractivity contribution in [2.45, 2.75) is 52.4 Å². The molecule has 3 heteroatoms. The molecule has 1 aromatic heterocycles. The molecule has 2 aliphatic heterocycles. The number of fused-ring (bicyclic) bond motifs is 6. The number of anilines is 1. The van der Waals surface area contributed by atoms with Crippen molar-refractivity contribution in [1.29, 1.82) is 0 Å². The average molecular weight is 589 g/mol. The third kappa shape index (κ3) is 4.56. The third-order valence-corrected chi connectivity index (χ3v) is 10.00. The summed E-state index contributed by atoms with van der Waals surface area (Å²) in [6, 6.07) is 30.9. The van der Waals surface area contributed by atoms with E-state index in [2.05, 4.69) is 165 Å². The highest BCUT2D eigenvalue weighted by atomic mass is 15.2. The lowest BCUT2D eigenvalue weighted by Crippen LogP contribution is -2.27. The number of benzene rings is 4. The molecule has 0 fully saturated rings. The molecule has 0 saturated carbocycles. The Morgan fingerprint density at radius 3 is 2.07 bits per heavy atom. The van der Waals surface area contributed by atoms with Gasteiger partial charge >= 0.3 is 0 Å². The van der Waals surface area contributed by atoms with Gasteiger partial charge in [0, 0.05) is 53.4 Å². The molecule has 0 aliphatic carbocycles. The van der Waals surface area contributed by atoms with E-state index in [1.165, 1.54) is 55.5 Å². The van der Waals surface area contributed by atoms with Gasteiger partial charge in [-0.05, 0) is 102 Å². The number of rotatable bonds is 6. The molecular weight excluding hydrogens is 546 g/mol. The fourth-order valence-corrected chi connectivity index (χ4v) is 7.88. The number of pyridine rings is 1. The summed E-state index contributed by atoms with van der Waals surface area (Å²) < 4.78 is 2.49. The molecular formula is C42H42N3+. The summed E-state index contributed by atoms with van der Waals surface area (Å²) in [7, 11) is 0. The summed E-state index contributed by atoms with van der Waals surface area (Å²) in [6.45, 7) is 15.8. The fourth-order valence-electron chi connectivity index (χ4n) is 7.88. The lowest BCUT2D eigenvalue weighted by Gasteiger charge is -2.26. The van der Waals surface area contributed by atoms with E-state index in [0.29, 0.717) is 0 Å². The van der Waals surface area contributed by atoms with Gasteiger partial charge < -0.3 is 4.90 Å². The van der Waals surface area contributed by atoms with Gasteiger partial charge in [-0.25, -0.2) is 0 Å². The Labute approximate surface area is 267 Å². The zero-order valence-electron chi connectivity index (χ0n) is 27.3. The van der Waals surface area contributed by atoms with Crippen molar-refractivity contribution in [2.24, 2.45) is 0 Å². The van der Waals surface area contributed by atoms with Gasteiger partial charge in [0.2, 0.25) is 5.69 Å². The Morgan fingerprint density at radius 2 is 1.40 bits per heavy atom. The molecule has 3 heterocycles. The Hall–Kier alpha value is -4.76. The van der Waals surface area contributed by atoms with Crippen LogP contribution in [0.15, 0.2) is 127 Å². The van der Waals surface area contributed by atoms with Crippen LogP contribution in [0, 0.1) is 0 Å². The number of allylic oxidation sites excluding steroid dienone is 6. The van der Waals surface area contributed by atoms with Crippen molar-refractivity contribution in [2.75, 3.05) is 18.0 Å². The normalized spacial score (nSPS) is 18.0. The van der Waals surface area contributed by atoms with Gasteiger partial charge in [0.05, 0.1) is 5.41 Å². The van der Waals surface area contributed by atoms with Crippen LogP contribution in [0.2, 0.25) is 0 Å². The lowest BCUT2D eigenvalue weighted by atomic mass is 9.79. The molecule has 5 aromatic rings. The Kier molecular flexibility index (Phi) is 7.08. The SMILES string of the molecule is CCN1/C(=C/C=C(/C=C/C2=[N+](CC)c3ccc4ccccc4c3C2(C)C)c2ccncc2)C(C)(C)c2c1ccc1ccccc21. The summed E-state index contributed by atoms with van der Waals surface area (Å²) >= 11 is 0. The van der Waals surface area contributed by atoms with Gasteiger partial charge in [0.15, 0.2) is 5.71 Å². The summed E-state index contributed by atoms with van der Waals surface area (Å²) in [6.07, 6.45) is 13.1. The van der Waals surface area contributed by atoms with E-state index in [1.807, 2.05) is 12.4 Å². The smallest absolute Gasteiger partial charge is 0.210 e. The minimum atomic E-state index is -0.139. The molecule has 0 unspecified atom stereocenters. The molecule has 224 valence electrons. The van der Waals surface area contributed by atoms with E-state index in [1.54, 1.807) is 0 Å². The van der Waals surface area contributed by atoms with Gasteiger partial charge in [-0.2, -0.15) is 4.58 Å². The zero-order valence-corrected chi connectivity index (χ0v) is 27.3. The molecule has 0 radical (unpaired) electrons. The summed E-state index contributed by atoms with van der Waals surface area (Å²) in [5, 5.41) is 5.27. The molecule has 3 nitrogen and oxygen atoms in total. The quantitative estimate of drug-likeness (QED) is 0.145. The molecule has 0 atom stereocenters. The lowest BCUT2D eigenvalue weighted by molar-refractivity contribution is -0.433. The predicted molar refractivity (Wildman–Crippen MR) is 192 cm³/mol. The highest BCUT2D eigenvalue weighted by molar-refractivity contribution is 6.08. The minimum Gasteiger partial charge on any atom is -0.344 e. The van der Waals surface area contributed by atoms with Crippen molar-refractivity contribution in [3.63, 3.8) is 0 Å². The maximum absolute atomic E-state index is 4.32. The van der Waals surface area contributed by atoms with Crippen molar-refractivity contribution in [3.8, 4) is 0 Å². The fraction of sp³-hybridized carbons (Fsp3) is 0.238. The topological polar surface area (TPSA) is 19.1 Å². The van der Waals surface area contributed by atoms with Crippen LogP contribution < -0.4 is 4.90 Å². The summed E-state index contributed by atoms with van der Waals surface area (Å²) in [4.78, 5) is 6.81. The van der Waals surface area contributed by atoms with Crippen LogP contribution in [0.4, 0.5) is 11.4 Å². The van der Waals surface area contributed by atoms with Crippen LogP contribution in [0.5, 0.6) is 0 Å². The summed E-state index contributed by atoms with van der Waals surface area (Å²) in [5.41, 5.74) is 10.1. The minimum absolute atomic E-state index is 0.139. The Morgan fingerprint density at radius 1 is 0.756 bits per heavy atom. The monoisotopic (exact) mass is 588 g/mol. The van der Waals surface area contributed by atoms with E-state index in [9.17, 15) is 0 Å². The van der Waals surface area contributed by atoms with E-state index < -0.39 is 0 Å². The molecule has 2 aliphatic rings. The van der Waals surface area contributed by atoms with E-state index in [4.69, 9.17) is 0 Å². The first kappa shape index (κ1) is 29.0. The van der Waals surface area contributed by atoms with Crippen LogP contribution in [0.25, 0.3) is 27.1 Å². The second-order valence-corrected chi connectivity index (χ2v) is 13.2. The molecule has 0 saturated heterocycles. The molecule has 0 spiro atoms. The van der Waals surface area contributed by atoms with E-state index in [-0.39, 0.29) is 10.8 Å². The largest absolute Gasteiger partial charge is 0.344 e. The Balaban J connectivity index is 1.35. The first-order valence-electron chi connectivity index (χ1n) is 16.2. The van der Waals surface area contributed by atoms with Gasteiger partial charge in [-0.1, -0.05) is 74.5 Å². The highest BCUT2D eigenvalue weighted by Gasteiger charge is 2.45. The van der Waals surface area contributed by atoms with Crippen LogP contribution in [0.1, 0.15) is 58.2 Å². The average Bonchev–Trinajstić information content (AvgIpc) is 3.43. The number of nitrogens with zero attached hydrogens (tertiary/aromatic N) is 3. The molecule has 45 heavy (non-hydrogen) atoms. The first-order valence-corrected chi connectivity index (χ1v) is 16.2. The van der Waals surface area contributed by atoms with Crippen LogP contribution >= 0.6 is 0 Å². The van der Waals surface area contributed by atoms with Crippen molar-refractivity contribution < 1.29 is 4.58 Å². The van der Waals surface area contributed by atoms with Crippen LogP contribution in [0.3, 0.4) is 0 Å². The maximum Gasteiger partial charge on any atom is 0.210 e. The van der Waals surface area contributed by atoms with Crippen LogP contribution in [-0.2, 0) is 10.8 Å². The number of hydrogen-bond donors (Lipinski definition) is 0. The summed E-state index contributed by atoms with van der Waals surface area (Å²) in [5.74, 6) is 0. The molecule has 0 N–H and O–H groups in total. The molecule has 0 amide bonds. The number of likely N-dealkylation sites (N-methyl/N-ethyl adjacent to an activating group) is 1. The van der Waals surface area contributed by atoms with Gasteiger partial charge in [0.25, 0.3) is 0 Å². The maximum atomic E-state index is 4.32. The molecule has 0 bridgehead atoms. The van der Waals surface area contributed by atoms with E-state index >= 15 is 0 Å². The van der Waals surface area contributed by atoms with Gasteiger partial charge in [0.1, 0.15) is 6.54 Å². The van der Waals surface area contributed by atoms with Crippen molar-refractivity contribution >= 4 is 44.2 Å². The second-order valence-electron chi connectivity index (χ2n) is 13.2. The highest BCUT2D eigenvalue weighted by Crippen LogP contribution is 2.51. The van der Waals surface area contributed by atoms with Crippen molar-refractivity contribution in [1.82, 2.24) is 4.98 Å². The Bertz CT molecular complexity index is 2070. The third-order valence-electron chi connectivity index (χ3n) is 10.00. The second kappa shape index (κ2) is 11.0. The molecule has 7 rings (SSSR count). The zero-order chi connectivity index (χ0) is 31.3. The van der Waals surface area contributed by atoms with Gasteiger partial charge in [-0.15, -0.1) is 0 Å². The first-order chi connectivity index (χ1) is 21.8.